The number of unbranched alkanes of at least 4 members (excludes halogenated alkanes) is 7. The Hall–Kier alpha value is -1.08. The molecule has 0 N–H and O–H groups in total. The van der Waals surface area contributed by atoms with E-state index < -0.39 is 27.3 Å². The molecule has 1 heterocycles. The Morgan fingerprint density at radius 3 is 2.25 bits per heavy atom. The number of ether oxygens (including phenoxy) is 1. The van der Waals surface area contributed by atoms with Gasteiger partial charge in [-0.25, -0.2) is 0 Å². The van der Waals surface area contributed by atoms with Crippen LogP contribution in [0.25, 0.3) is 0 Å². The first-order valence-corrected chi connectivity index (χ1v) is 10.3. The predicted molar refractivity (Wildman–Crippen MR) is 90.9 cm³/mol. The van der Waals surface area contributed by atoms with Crippen molar-refractivity contribution in [2.24, 2.45) is 0 Å². The number of rotatable bonds is 14. The van der Waals surface area contributed by atoms with Crippen molar-refractivity contribution in [3.05, 3.63) is 18.1 Å². The molecule has 0 aliphatic heterocycles. The van der Waals surface area contributed by atoms with Crippen LogP contribution in [0.2, 0.25) is 0 Å². The molecule has 0 saturated carbocycles. The molecular formula is C17H29FO5S. The summed E-state index contributed by atoms with van der Waals surface area (Å²) in [5.41, 5.74) is -1.12. The second kappa shape index (κ2) is 11.5. The maximum atomic E-state index is 13.2. The van der Waals surface area contributed by atoms with Crippen LogP contribution in [0.1, 0.15) is 71.6 Å². The van der Waals surface area contributed by atoms with Crippen LogP contribution in [-0.2, 0) is 14.9 Å². The molecule has 1 aromatic heterocycles. The summed E-state index contributed by atoms with van der Waals surface area (Å²) >= 11 is 0. The Morgan fingerprint density at radius 2 is 1.71 bits per heavy atom. The van der Waals surface area contributed by atoms with E-state index in [2.05, 4.69) is 15.5 Å². The third kappa shape index (κ3) is 7.66. The number of hydrogen-bond acceptors (Lipinski definition) is 5. The van der Waals surface area contributed by atoms with Gasteiger partial charge >= 0.3 is 16.1 Å². The molecule has 0 aliphatic rings. The monoisotopic (exact) mass is 364 g/mol. The van der Waals surface area contributed by atoms with E-state index in [1.807, 2.05) is 0 Å². The van der Waals surface area contributed by atoms with E-state index >= 15 is 0 Å². The first-order chi connectivity index (χ1) is 11.5. The van der Waals surface area contributed by atoms with Crippen LogP contribution >= 0.6 is 0 Å². The molecular weight excluding hydrogens is 335 g/mol. The first kappa shape index (κ1) is 21.0. The smallest absolute Gasteiger partial charge is 0.339 e. The Morgan fingerprint density at radius 1 is 1.08 bits per heavy atom. The van der Waals surface area contributed by atoms with Crippen LogP contribution in [0.4, 0.5) is 4.39 Å². The molecule has 0 bridgehead atoms. The Labute approximate surface area is 144 Å². The molecule has 5 nitrogen and oxygen atoms in total. The second-order valence-electron chi connectivity index (χ2n) is 5.82. The molecule has 0 spiro atoms. The van der Waals surface area contributed by atoms with Gasteiger partial charge in [-0.2, -0.15) is 12.8 Å². The van der Waals surface area contributed by atoms with Crippen molar-refractivity contribution < 1.29 is 26.1 Å². The topological polar surface area (TPSA) is 65.7 Å². The van der Waals surface area contributed by atoms with Crippen LogP contribution in [0.5, 0.6) is 5.95 Å². The molecule has 140 valence electrons. The Kier molecular flexibility index (Phi) is 10.0. The summed E-state index contributed by atoms with van der Waals surface area (Å²) in [4.78, 5) is 0. The summed E-state index contributed by atoms with van der Waals surface area (Å²) in [7, 11) is -4.08. The SMILES string of the molecule is CCCCCCCCCCOC(CC)S(=O)(=O)Oc1occc1F. The van der Waals surface area contributed by atoms with Crippen LogP contribution in [0.15, 0.2) is 16.7 Å². The minimum Gasteiger partial charge on any atom is -0.431 e. The molecule has 1 aromatic rings. The number of halogens is 1. The van der Waals surface area contributed by atoms with Gasteiger partial charge < -0.3 is 13.3 Å². The van der Waals surface area contributed by atoms with Crippen molar-refractivity contribution in [2.75, 3.05) is 6.61 Å². The van der Waals surface area contributed by atoms with Gasteiger partial charge in [-0.3, -0.25) is 0 Å². The number of hydrogen-bond donors (Lipinski definition) is 0. The fraction of sp³-hybridized carbons (Fsp3) is 0.765. The summed E-state index contributed by atoms with van der Waals surface area (Å²) in [6.45, 7) is 4.22. The zero-order valence-corrected chi connectivity index (χ0v) is 15.4. The van der Waals surface area contributed by atoms with Crippen molar-refractivity contribution in [3.8, 4) is 5.95 Å². The van der Waals surface area contributed by atoms with E-state index in [4.69, 9.17) is 4.74 Å². The van der Waals surface area contributed by atoms with Crippen molar-refractivity contribution in [3.63, 3.8) is 0 Å². The molecule has 0 saturated heterocycles. The second-order valence-corrected chi connectivity index (χ2v) is 7.49. The van der Waals surface area contributed by atoms with E-state index in [0.29, 0.717) is 6.61 Å². The van der Waals surface area contributed by atoms with Gasteiger partial charge in [-0.15, -0.1) is 0 Å². The van der Waals surface area contributed by atoms with Crippen molar-refractivity contribution in [2.45, 2.75) is 77.1 Å². The average Bonchev–Trinajstić information content (AvgIpc) is 2.93. The fourth-order valence-corrected chi connectivity index (χ4v) is 3.46. The maximum Gasteiger partial charge on any atom is 0.339 e. The fourth-order valence-electron chi connectivity index (χ4n) is 2.35. The summed E-state index contributed by atoms with van der Waals surface area (Å²) < 4.78 is 52.1. The highest BCUT2D eigenvalue weighted by Gasteiger charge is 2.29. The molecule has 1 unspecified atom stereocenters. The lowest BCUT2D eigenvalue weighted by Gasteiger charge is -2.15. The maximum absolute atomic E-state index is 13.2. The molecule has 7 heteroatoms. The quantitative estimate of drug-likeness (QED) is 0.342. The largest absolute Gasteiger partial charge is 0.431 e. The van der Waals surface area contributed by atoms with Gasteiger partial charge in [0.2, 0.25) is 5.82 Å². The third-order valence-electron chi connectivity index (χ3n) is 3.73. The van der Waals surface area contributed by atoms with Gasteiger partial charge in [0, 0.05) is 12.7 Å². The van der Waals surface area contributed by atoms with Crippen molar-refractivity contribution in [1.82, 2.24) is 0 Å². The highest BCUT2D eigenvalue weighted by Crippen LogP contribution is 2.22. The third-order valence-corrected chi connectivity index (χ3v) is 5.23. The van der Waals surface area contributed by atoms with Crippen LogP contribution in [0, 0.1) is 5.82 Å². The summed E-state index contributed by atoms with van der Waals surface area (Å²) in [5, 5.41) is 0. The molecule has 0 aromatic carbocycles. The van der Waals surface area contributed by atoms with Crippen molar-refractivity contribution >= 4 is 10.1 Å². The molecule has 0 radical (unpaired) electrons. The lowest BCUT2D eigenvalue weighted by molar-refractivity contribution is 0.0926. The molecule has 1 rings (SSSR count). The average molecular weight is 364 g/mol. The highest BCUT2D eigenvalue weighted by atomic mass is 32.2. The van der Waals surface area contributed by atoms with E-state index in [0.717, 1.165) is 31.6 Å². The molecule has 1 atom stereocenters. The molecule has 24 heavy (non-hydrogen) atoms. The number of furan rings is 1. The minimum absolute atomic E-state index is 0.224. The minimum atomic E-state index is -4.08. The van der Waals surface area contributed by atoms with E-state index in [-0.39, 0.29) is 6.42 Å². The normalized spacial score (nSPS) is 13.1. The summed E-state index contributed by atoms with van der Waals surface area (Å²) in [5.74, 6) is -1.50. The summed E-state index contributed by atoms with van der Waals surface area (Å²) in [6.07, 6.45) is 10.5. The molecule has 0 aliphatic carbocycles. The zero-order valence-electron chi connectivity index (χ0n) is 14.6. The molecule has 0 amide bonds. The van der Waals surface area contributed by atoms with Gasteiger partial charge in [0.05, 0.1) is 6.26 Å². The standard InChI is InChI=1S/C17H29FO5S/c1-3-5-6-7-8-9-10-11-13-21-16(4-2)24(19,20)23-17-15(18)12-14-22-17/h12,14,16H,3-11,13H2,1-2H3. The van der Waals surface area contributed by atoms with Gasteiger partial charge in [0.15, 0.2) is 5.44 Å². The Balaban J connectivity index is 2.25. The van der Waals surface area contributed by atoms with Crippen LogP contribution in [-0.4, -0.2) is 20.5 Å². The van der Waals surface area contributed by atoms with Gasteiger partial charge in [-0.05, 0) is 12.8 Å². The van der Waals surface area contributed by atoms with Gasteiger partial charge in [0.25, 0.3) is 0 Å². The summed E-state index contributed by atoms with van der Waals surface area (Å²) in [6, 6.07) is 0.993. The highest BCUT2D eigenvalue weighted by molar-refractivity contribution is 7.87. The van der Waals surface area contributed by atoms with Gasteiger partial charge in [-0.1, -0.05) is 58.8 Å². The lowest BCUT2D eigenvalue weighted by Crippen LogP contribution is -2.28. The van der Waals surface area contributed by atoms with Gasteiger partial charge in [0.1, 0.15) is 0 Å². The zero-order chi connectivity index (χ0) is 17.8. The lowest BCUT2D eigenvalue weighted by atomic mass is 10.1. The van der Waals surface area contributed by atoms with Crippen molar-refractivity contribution in [1.29, 1.82) is 0 Å². The van der Waals surface area contributed by atoms with Crippen LogP contribution < -0.4 is 4.18 Å². The van der Waals surface area contributed by atoms with Crippen LogP contribution in [0.3, 0.4) is 0 Å². The first-order valence-electron chi connectivity index (χ1n) is 8.79. The Bertz CT molecular complexity index is 541. The van der Waals surface area contributed by atoms with E-state index in [9.17, 15) is 12.8 Å². The van der Waals surface area contributed by atoms with E-state index in [1.165, 1.54) is 32.1 Å². The molecule has 0 fully saturated rings. The predicted octanol–water partition coefficient (Wildman–Crippen LogP) is 5.02. The van der Waals surface area contributed by atoms with E-state index in [1.54, 1.807) is 6.92 Å².